The summed E-state index contributed by atoms with van der Waals surface area (Å²) in [6.07, 6.45) is 3.27. The lowest BCUT2D eigenvalue weighted by Gasteiger charge is -2.34. The third-order valence-electron chi connectivity index (χ3n) is 10.2. The van der Waals surface area contributed by atoms with Gasteiger partial charge in [-0.25, -0.2) is 0 Å². The van der Waals surface area contributed by atoms with Crippen molar-refractivity contribution >= 4 is 62.4 Å². The van der Waals surface area contributed by atoms with Gasteiger partial charge in [0.05, 0.1) is 34.0 Å². The zero-order valence-corrected chi connectivity index (χ0v) is 31.3. The summed E-state index contributed by atoms with van der Waals surface area (Å²) in [5.74, 6) is 0.714. The van der Waals surface area contributed by atoms with Gasteiger partial charge in [-0.2, -0.15) is 5.10 Å². The molecule has 1 atom stereocenters. The van der Waals surface area contributed by atoms with Crippen LogP contribution in [0.1, 0.15) is 63.5 Å². The van der Waals surface area contributed by atoms with Gasteiger partial charge in [-0.3, -0.25) is 9.48 Å². The first-order valence-corrected chi connectivity index (χ1v) is 17.7. The minimum Gasteiger partial charge on any atom is -0.494 e. The van der Waals surface area contributed by atoms with E-state index in [9.17, 15) is 10.0 Å². The van der Waals surface area contributed by atoms with Gasteiger partial charge in [0, 0.05) is 71.1 Å². The highest BCUT2D eigenvalue weighted by molar-refractivity contribution is 6.35. The fraction of sp³-hybridized carbons (Fsp3) is 0.308. The largest absolute Gasteiger partial charge is 0.494 e. The Hall–Kier alpha value is -4.93. The fourth-order valence-electron chi connectivity index (χ4n) is 7.73. The summed E-state index contributed by atoms with van der Waals surface area (Å²) >= 11 is 13.5. The van der Waals surface area contributed by atoms with E-state index in [1.54, 1.807) is 6.07 Å². The summed E-state index contributed by atoms with van der Waals surface area (Å²) in [5.41, 5.74) is 16.4. The van der Waals surface area contributed by atoms with Gasteiger partial charge < -0.3 is 29.7 Å². The standard InChI is InChI=1S/C39H41Cl2N7O3/c1-20-15-26(16-21(2)35(20)41)51-14-8-9-27-28-12-13-30(40)34(33-23(4)43-46(7)24(33)5)36(28)48-22(3)18-47(39(49)37(27)48)32-19-45(6)31-17-25(38(42)44-50)10-11-29(31)32/h10-13,15-17,19,22,50H,8-9,14,18H2,1-7H3,(H2,42,44). The number of rotatable bonds is 8. The van der Waals surface area contributed by atoms with E-state index in [4.69, 9.17) is 38.8 Å². The molecule has 1 aliphatic heterocycles. The number of carbonyl (C=O) groups excluding carboxylic acids is 1. The third kappa shape index (κ3) is 5.61. The van der Waals surface area contributed by atoms with Crippen LogP contribution in [0.15, 0.2) is 53.8 Å². The summed E-state index contributed by atoms with van der Waals surface area (Å²) in [6, 6.07) is 13.4. The molecule has 4 heterocycles. The van der Waals surface area contributed by atoms with Crippen molar-refractivity contribution in [2.24, 2.45) is 25.0 Å². The van der Waals surface area contributed by atoms with Crippen LogP contribution in [0.3, 0.4) is 0 Å². The smallest absolute Gasteiger partial charge is 0.275 e. The monoisotopic (exact) mass is 725 g/mol. The van der Waals surface area contributed by atoms with E-state index in [1.165, 1.54) is 0 Å². The molecule has 3 aromatic carbocycles. The van der Waals surface area contributed by atoms with Gasteiger partial charge in [-0.1, -0.05) is 40.5 Å². The van der Waals surface area contributed by atoms with Crippen LogP contribution in [0, 0.1) is 27.7 Å². The van der Waals surface area contributed by atoms with Gasteiger partial charge in [0.15, 0.2) is 5.84 Å². The van der Waals surface area contributed by atoms with Crippen molar-refractivity contribution in [2.45, 2.75) is 53.5 Å². The average molecular weight is 727 g/mol. The number of oxime groups is 1. The second kappa shape index (κ2) is 13.0. The van der Waals surface area contributed by atoms with Crippen LogP contribution < -0.4 is 15.4 Å². The molecule has 3 N–H and O–H groups in total. The minimum atomic E-state index is -0.0913. The minimum absolute atomic E-state index is 0.0235. The molecule has 51 heavy (non-hydrogen) atoms. The lowest BCUT2D eigenvalue weighted by Crippen LogP contribution is -2.42. The number of carbonyl (C=O) groups is 1. The molecule has 12 heteroatoms. The molecule has 10 nitrogen and oxygen atoms in total. The van der Waals surface area contributed by atoms with E-state index >= 15 is 0 Å². The van der Waals surface area contributed by atoms with Gasteiger partial charge in [0.1, 0.15) is 11.4 Å². The Morgan fingerprint density at radius 3 is 2.41 bits per heavy atom. The Morgan fingerprint density at radius 1 is 1.04 bits per heavy atom. The Balaban J connectivity index is 1.36. The lowest BCUT2D eigenvalue weighted by atomic mass is 9.98. The molecule has 264 valence electrons. The van der Waals surface area contributed by atoms with Crippen molar-refractivity contribution in [3.63, 3.8) is 0 Å². The van der Waals surface area contributed by atoms with Crippen molar-refractivity contribution in [3.8, 4) is 16.9 Å². The summed E-state index contributed by atoms with van der Waals surface area (Å²) < 4.78 is 12.3. The number of hydrogen-bond donors (Lipinski definition) is 2. The summed E-state index contributed by atoms with van der Waals surface area (Å²) in [7, 11) is 3.86. The first kappa shape index (κ1) is 34.5. The van der Waals surface area contributed by atoms with Gasteiger partial charge in [-0.05, 0) is 94.5 Å². The maximum absolute atomic E-state index is 15.0. The second-order valence-electron chi connectivity index (χ2n) is 13.6. The van der Waals surface area contributed by atoms with Crippen LogP contribution in [0.4, 0.5) is 5.69 Å². The predicted octanol–water partition coefficient (Wildman–Crippen LogP) is 8.40. The Kier molecular flexibility index (Phi) is 8.80. The molecule has 0 bridgehead atoms. The zero-order chi connectivity index (χ0) is 36.5. The van der Waals surface area contributed by atoms with Crippen LogP contribution in [-0.4, -0.2) is 49.0 Å². The molecule has 0 aliphatic carbocycles. The van der Waals surface area contributed by atoms with E-state index in [0.29, 0.717) is 42.3 Å². The molecule has 0 saturated carbocycles. The first-order valence-electron chi connectivity index (χ1n) is 17.0. The van der Waals surface area contributed by atoms with E-state index in [2.05, 4.69) is 16.6 Å². The molecule has 7 rings (SSSR count). The van der Waals surface area contributed by atoms with Crippen molar-refractivity contribution in [1.82, 2.24) is 18.9 Å². The van der Waals surface area contributed by atoms with Crippen LogP contribution in [0.2, 0.25) is 10.0 Å². The summed E-state index contributed by atoms with van der Waals surface area (Å²) in [6.45, 7) is 11.1. The number of amidine groups is 1. The van der Waals surface area contributed by atoms with Gasteiger partial charge >= 0.3 is 0 Å². The Labute approximate surface area is 306 Å². The molecule has 1 unspecified atom stereocenters. The molecule has 0 spiro atoms. The molecular weight excluding hydrogens is 685 g/mol. The van der Waals surface area contributed by atoms with E-state index < -0.39 is 0 Å². The van der Waals surface area contributed by atoms with Crippen molar-refractivity contribution in [3.05, 3.63) is 98.0 Å². The van der Waals surface area contributed by atoms with Crippen LogP contribution in [-0.2, 0) is 20.5 Å². The molecular formula is C39H41Cl2N7O3. The number of fused-ring (bicyclic) bond motifs is 4. The van der Waals surface area contributed by atoms with Gasteiger partial charge in [0.2, 0.25) is 0 Å². The molecule has 1 aliphatic rings. The molecule has 0 fully saturated rings. The third-order valence-corrected chi connectivity index (χ3v) is 11.1. The lowest BCUT2D eigenvalue weighted by molar-refractivity contribution is 0.0957. The SMILES string of the molecule is Cc1cc(OCCCc2c3n(c4c(-c5c(C)nn(C)c5C)c(Cl)ccc24)C(C)CN(c2cn(C)c4cc(C(N)=NO)ccc24)C3=O)cc(C)c1Cl. The highest BCUT2D eigenvalue weighted by Crippen LogP contribution is 2.45. The van der Waals surface area contributed by atoms with Crippen LogP contribution in [0.5, 0.6) is 5.75 Å². The molecule has 1 amide bonds. The number of amides is 1. The average Bonchev–Trinajstić information content (AvgIpc) is 3.70. The number of nitrogens with two attached hydrogens (primary N) is 1. The maximum Gasteiger partial charge on any atom is 0.275 e. The quantitative estimate of drug-likeness (QED) is 0.0538. The summed E-state index contributed by atoms with van der Waals surface area (Å²) in [5, 5.41) is 20.4. The number of aromatic nitrogens is 4. The Morgan fingerprint density at radius 2 is 1.75 bits per heavy atom. The maximum atomic E-state index is 15.0. The number of ether oxygens (including phenoxy) is 1. The molecule has 3 aromatic heterocycles. The van der Waals surface area contributed by atoms with E-state index in [1.807, 2.05) is 98.5 Å². The van der Waals surface area contributed by atoms with E-state index in [0.717, 1.165) is 77.5 Å². The number of nitrogens with zero attached hydrogens (tertiary/aromatic N) is 6. The first-order chi connectivity index (χ1) is 24.3. The van der Waals surface area contributed by atoms with Crippen molar-refractivity contribution < 1.29 is 14.7 Å². The van der Waals surface area contributed by atoms with E-state index in [-0.39, 0.29) is 17.8 Å². The van der Waals surface area contributed by atoms with Crippen molar-refractivity contribution in [1.29, 1.82) is 0 Å². The second-order valence-corrected chi connectivity index (χ2v) is 14.4. The zero-order valence-electron chi connectivity index (χ0n) is 29.8. The predicted molar refractivity (Wildman–Crippen MR) is 205 cm³/mol. The number of hydrogen-bond acceptors (Lipinski definition) is 5. The number of benzene rings is 3. The van der Waals surface area contributed by atoms with Crippen LogP contribution in [0.25, 0.3) is 32.9 Å². The normalized spacial score (nSPS) is 15.0. The number of anilines is 1. The topological polar surface area (TPSA) is 116 Å². The summed E-state index contributed by atoms with van der Waals surface area (Å²) in [4.78, 5) is 16.9. The Bertz CT molecular complexity index is 2400. The molecule has 6 aromatic rings. The van der Waals surface area contributed by atoms with Crippen molar-refractivity contribution in [2.75, 3.05) is 18.1 Å². The molecule has 0 radical (unpaired) electrons. The fourth-order valence-corrected chi connectivity index (χ4v) is 8.09. The number of aryl methyl sites for hydroxylation is 6. The number of halogens is 2. The highest BCUT2D eigenvalue weighted by atomic mass is 35.5. The van der Waals surface area contributed by atoms with Gasteiger partial charge in [0.25, 0.3) is 5.91 Å². The van der Waals surface area contributed by atoms with Crippen LogP contribution >= 0.6 is 23.2 Å². The molecule has 0 saturated heterocycles. The van der Waals surface area contributed by atoms with Gasteiger partial charge in [-0.15, -0.1) is 0 Å². The highest BCUT2D eigenvalue weighted by Gasteiger charge is 2.37.